The van der Waals surface area contributed by atoms with E-state index in [1.807, 2.05) is 6.07 Å². The van der Waals surface area contributed by atoms with Gasteiger partial charge in [0.1, 0.15) is 16.9 Å². The Kier molecular flexibility index (Phi) is 6.33. The van der Waals surface area contributed by atoms with E-state index in [1.165, 1.54) is 21.5 Å². The Bertz CT molecular complexity index is 1050. The minimum absolute atomic E-state index is 0.115. The van der Waals surface area contributed by atoms with Crippen molar-refractivity contribution < 1.29 is 4.79 Å². The van der Waals surface area contributed by atoms with Gasteiger partial charge in [0, 0.05) is 22.7 Å². The number of nitrogens with one attached hydrogen (secondary N) is 1. The van der Waals surface area contributed by atoms with E-state index in [1.54, 1.807) is 22.7 Å². The minimum atomic E-state index is -0.115. The van der Waals surface area contributed by atoms with Gasteiger partial charge in [0.15, 0.2) is 5.16 Å². The number of thioether (sulfide) groups is 1. The standard InChI is InChI=1S/C20H21N5OS3/c1-2-25-17(10-13-6-5-9-27-13)23-24-20(25)28-12-18(26)22-19-15(11-21)14-7-3-4-8-16(14)29-19/h5-6,9H,2-4,7-8,10,12H2,1H3,(H,22,26). The minimum Gasteiger partial charge on any atom is -0.316 e. The number of nitriles is 1. The Morgan fingerprint density at radius 2 is 2.24 bits per heavy atom. The smallest absolute Gasteiger partial charge is 0.235 e. The summed E-state index contributed by atoms with van der Waals surface area (Å²) >= 11 is 4.64. The van der Waals surface area contributed by atoms with Crippen LogP contribution < -0.4 is 5.32 Å². The van der Waals surface area contributed by atoms with Crippen LogP contribution in [0.1, 0.15) is 46.5 Å². The van der Waals surface area contributed by atoms with Crippen molar-refractivity contribution in [2.45, 2.75) is 50.7 Å². The number of anilines is 1. The van der Waals surface area contributed by atoms with Crippen molar-refractivity contribution in [1.82, 2.24) is 14.8 Å². The first kappa shape index (κ1) is 20.1. The Morgan fingerprint density at radius 1 is 1.38 bits per heavy atom. The number of fused-ring (bicyclic) bond motifs is 1. The van der Waals surface area contributed by atoms with E-state index >= 15 is 0 Å². The number of hydrogen-bond donors (Lipinski definition) is 1. The molecule has 0 aliphatic heterocycles. The van der Waals surface area contributed by atoms with Gasteiger partial charge in [-0.1, -0.05) is 17.8 Å². The van der Waals surface area contributed by atoms with Crippen LogP contribution in [0.25, 0.3) is 0 Å². The lowest BCUT2D eigenvalue weighted by molar-refractivity contribution is -0.113. The molecular weight excluding hydrogens is 422 g/mol. The van der Waals surface area contributed by atoms with Gasteiger partial charge in [0.05, 0.1) is 11.3 Å². The first-order valence-electron chi connectivity index (χ1n) is 9.61. The second-order valence-electron chi connectivity index (χ2n) is 6.76. The van der Waals surface area contributed by atoms with Gasteiger partial charge in [-0.2, -0.15) is 5.26 Å². The summed E-state index contributed by atoms with van der Waals surface area (Å²) in [6.07, 6.45) is 4.96. The van der Waals surface area contributed by atoms with E-state index in [-0.39, 0.29) is 11.7 Å². The molecule has 6 nitrogen and oxygen atoms in total. The maximum absolute atomic E-state index is 12.5. The maximum atomic E-state index is 12.5. The highest BCUT2D eigenvalue weighted by Crippen LogP contribution is 2.37. The van der Waals surface area contributed by atoms with Crippen molar-refractivity contribution in [3.8, 4) is 6.07 Å². The largest absolute Gasteiger partial charge is 0.316 e. The summed E-state index contributed by atoms with van der Waals surface area (Å²) in [6, 6.07) is 6.41. The molecule has 1 aliphatic carbocycles. The fourth-order valence-electron chi connectivity index (χ4n) is 3.51. The van der Waals surface area contributed by atoms with Gasteiger partial charge in [0.25, 0.3) is 0 Å². The molecule has 0 fully saturated rings. The highest BCUT2D eigenvalue weighted by Gasteiger charge is 2.22. The number of rotatable bonds is 7. The monoisotopic (exact) mass is 443 g/mol. The van der Waals surface area contributed by atoms with Crippen molar-refractivity contribution in [1.29, 1.82) is 5.26 Å². The van der Waals surface area contributed by atoms with Crippen molar-refractivity contribution in [2.75, 3.05) is 11.1 Å². The predicted octanol–water partition coefficient (Wildman–Crippen LogP) is 4.49. The molecule has 0 atom stereocenters. The molecule has 0 saturated heterocycles. The predicted molar refractivity (Wildman–Crippen MR) is 118 cm³/mol. The number of hydrogen-bond acceptors (Lipinski definition) is 7. The number of amides is 1. The number of carbonyl (C=O) groups is 1. The Balaban J connectivity index is 1.41. The summed E-state index contributed by atoms with van der Waals surface area (Å²) < 4.78 is 2.06. The van der Waals surface area contributed by atoms with Gasteiger partial charge in [-0.15, -0.1) is 32.9 Å². The lowest BCUT2D eigenvalue weighted by Gasteiger charge is -2.09. The highest BCUT2D eigenvalue weighted by molar-refractivity contribution is 7.99. The fourth-order valence-corrected chi connectivity index (χ4v) is 6.29. The van der Waals surface area contributed by atoms with Gasteiger partial charge in [-0.05, 0) is 49.6 Å². The first-order chi connectivity index (χ1) is 14.2. The molecule has 29 heavy (non-hydrogen) atoms. The van der Waals surface area contributed by atoms with Crippen LogP contribution in [0, 0.1) is 11.3 Å². The molecule has 0 spiro atoms. The number of aryl methyl sites for hydroxylation is 1. The van der Waals surface area contributed by atoms with Crippen molar-refractivity contribution in [3.05, 3.63) is 44.2 Å². The summed E-state index contributed by atoms with van der Waals surface area (Å²) in [4.78, 5) is 15.0. The summed E-state index contributed by atoms with van der Waals surface area (Å²) in [6.45, 7) is 2.81. The molecular formula is C20H21N5OS3. The van der Waals surface area contributed by atoms with E-state index in [9.17, 15) is 10.1 Å². The zero-order chi connectivity index (χ0) is 20.2. The number of carbonyl (C=O) groups excluding carboxylic acids is 1. The Hall–Kier alpha value is -2.15. The topological polar surface area (TPSA) is 83.6 Å². The van der Waals surface area contributed by atoms with Crippen LogP contribution in [0.15, 0.2) is 22.7 Å². The average molecular weight is 444 g/mol. The summed E-state index contributed by atoms with van der Waals surface area (Å²) in [7, 11) is 0. The zero-order valence-electron chi connectivity index (χ0n) is 16.1. The number of aromatic nitrogens is 3. The molecule has 0 radical (unpaired) electrons. The molecule has 3 heterocycles. The molecule has 1 aliphatic rings. The SMILES string of the molecule is CCn1c(Cc2cccs2)nnc1SCC(=O)Nc1sc2c(c1C#N)CCCC2. The maximum Gasteiger partial charge on any atom is 0.235 e. The van der Waals surface area contributed by atoms with Crippen LogP contribution in [0.2, 0.25) is 0 Å². The summed E-state index contributed by atoms with van der Waals surface area (Å²) in [5, 5.41) is 24.6. The highest BCUT2D eigenvalue weighted by atomic mass is 32.2. The van der Waals surface area contributed by atoms with Crippen LogP contribution >= 0.6 is 34.4 Å². The molecule has 9 heteroatoms. The van der Waals surface area contributed by atoms with Crippen LogP contribution in [0.3, 0.4) is 0 Å². The third-order valence-electron chi connectivity index (χ3n) is 4.89. The molecule has 0 bridgehead atoms. The summed E-state index contributed by atoms with van der Waals surface area (Å²) in [5.74, 6) is 1.04. The molecule has 3 aromatic rings. The lowest BCUT2D eigenvalue weighted by atomic mass is 9.96. The van der Waals surface area contributed by atoms with Gasteiger partial charge in [0.2, 0.25) is 5.91 Å². The molecule has 0 aromatic carbocycles. The van der Waals surface area contributed by atoms with E-state index in [4.69, 9.17) is 0 Å². The Morgan fingerprint density at radius 3 is 3.00 bits per heavy atom. The Labute approximate surface area is 182 Å². The van der Waals surface area contributed by atoms with Gasteiger partial charge < -0.3 is 9.88 Å². The molecule has 0 unspecified atom stereocenters. The molecule has 3 aromatic heterocycles. The second kappa shape index (κ2) is 9.11. The second-order valence-corrected chi connectivity index (χ2v) is 9.84. The van der Waals surface area contributed by atoms with Crippen LogP contribution in [0.4, 0.5) is 5.00 Å². The average Bonchev–Trinajstić information content (AvgIpc) is 3.45. The first-order valence-corrected chi connectivity index (χ1v) is 12.3. The van der Waals surface area contributed by atoms with Crippen molar-refractivity contribution in [2.24, 2.45) is 0 Å². The molecule has 1 N–H and O–H groups in total. The normalized spacial score (nSPS) is 13.1. The third-order valence-corrected chi connectivity index (χ3v) is 7.94. The zero-order valence-corrected chi connectivity index (χ0v) is 18.6. The molecule has 4 rings (SSSR count). The van der Waals surface area contributed by atoms with Gasteiger partial charge in [-0.25, -0.2) is 0 Å². The van der Waals surface area contributed by atoms with E-state index in [0.29, 0.717) is 10.6 Å². The van der Waals surface area contributed by atoms with Crippen LogP contribution in [0.5, 0.6) is 0 Å². The van der Waals surface area contributed by atoms with Gasteiger partial charge in [-0.3, -0.25) is 4.79 Å². The number of thiophene rings is 2. The van der Waals surface area contributed by atoms with Gasteiger partial charge >= 0.3 is 0 Å². The van der Waals surface area contributed by atoms with Crippen molar-refractivity contribution >= 4 is 45.3 Å². The molecule has 1 amide bonds. The van der Waals surface area contributed by atoms with Crippen LogP contribution in [-0.2, 0) is 30.6 Å². The van der Waals surface area contributed by atoms with E-state index in [2.05, 4.69) is 44.5 Å². The third kappa shape index (κ3) is 4.39. The number of nitrogens with zero attached hydrogens (tertiary/aromatic N) is 4. The molecule has 0 saturated carbocycles. The summed E-state index contributed by atoms with van der Waals surface area (Å²) in [5.41, 5.74) is 1.79. The van der Waals surface area contributed by atoms with Crippen molar-refractivity contribution in [3.63, 3.8) is 0 Å². The van der Waals surface area contributed by atoms with E-state index in [0.717, 1.165) is 55.2 Å². The van der Waals surface area contributed by atoms with Crippen LogP contribution in [-0.4, -0.2) is 26.4 Å². The quantitative estimate of drug-likeness (QED) is 0.544. The fraction of sp³-hybridized carbons (Fsp3) is 0.400. The molecule has 150 valence electrons. The van der Waals surface area contributed by atoms with E-state index < -0.39 is 0 Å². The lowest BCUT2D eigenvalue weighted by Crippen LogP contribution is -2.14.